The molecule has 0 aliphatic rings. The average Bonchev–Trinajstić information content (AvgIpc) is 2.23. The van der Waals surface area contributed by atoms with Crippen LogP contribution in [0, 0.1) is 0 Å². The van der Waals surface area contributed by atoms with Crippen LogP contribution in [0.15, 0.2) is 18.2 Å². The van der Waals surface area contributed by atoms with Gasteiger partial charge in [0.15, 0.2) is 0 Å². The van der Waals surface area contributed by atoms with Gasteiger partial charge in [-0.15, -0.1) is 0 Å². The van der Waals surface area contributed by atoms with Crippen LogP contribution in [0.3, 0.4) is 0 Å². The third-order valence-corrected chi connectivity index (χ3v) is 2.42. The van der Waals surface area contributed by atoms with Crippen molar-refractivity contribution in [2.24, 2.45) is 0 Å². The zero-order chi connectivity index (χ0) is 16.4. The van der Waals surface area contributed by atoms with E-state index in [0.717, 1.165) is 0 Å². The summed E-state index contributed by atoms with van der Waals surface area (Å²) in [6, 6.07) is 4.16. The highest BCUT2D eigenvalue weighted by Gasteiger charge is 2.20. The van der Waals surface area contributed by atoms with Gasteiger partial charge in [0, 0.05) is 22.2 Å². The van der Waals surface area contributed by atoms with E-state index in [2.05, 4.69) is 10.6 Å². The molecule has 1 aromatic carbocycles. The Kier molecular flexibility index (Phi) is 4.66. The van der Waals surface area contributed by atoms with Gasteiger partial charge in [0.1, 0.15) is 5.75 Å². The maximum absolute atomic E-state index is 12.1. The molecular weight excluding hydrogens is 268 g/mol. The second-order valence-electron chi connectivity index (χ2n) is 7.18. The van der Waals surface area contributed by atoms with Crippen molar-refractivity contribution in [2.45, 2.75) is 52.6 Å². The van der Waals surface area contributed by atoms with Gasteiger partial charge in [0.05, 0.1) is 0 Å². The van der Waals surface area contributed by atoms with E-state index in [-0.39, 0.29) is 28.7 Å². The molecule has 21 heavy (non-hydrogen) atoms. The van der Waals surface area contributed by atoms with Gasteiger partial charge in [-0.1, -0.05) is 0 Å². The SMILES string of the molecule is CC(C)(C)NC(=O)c1cc(O)cc(C(=O)NC(C)(C)C)c1. The first-order valence-electron chi connectivity index (χ1n) is 6.86. The topological polar surface area (TPSA) is 78.4 Å². The summed E-state index contributed by atoms with van der Waals surface area (Å²) >= 11 is 0. The smallest absolute Gasteiger partial charge is 0.251 e. The molecule has 116 valence electrons. The fourth-order valence-electron chi connectivity index (χ4n) is 1.70. The molecule has 0 spiro atoms. The van der Waals surface area contributed by atoms with E-state index in [4.69, 9.17) is 0 Å². The number of hydrogen-bond acceptors (Lipinski definition) is 3. The number of aromatic hydroxyl groups is 1. The predicted octanol–water partition coefficient (Wildman–Crippen LogP) is 2.45. The number of benzene rings is 1. The largest absolute Gasteiger partial charge is 0.508 e. The lowest BCUT2D eigenvalue weighted by Crippen LogP contribution is -2.41. The van der Waals surface area contributed by atoms with Crippen LogP contribution in [0.1, 0.15) is 62.3 Å². The molecule has 0 aliphatic carbocycles. The maximum Gasteiger partial charge on any atom is 0.251 e. The van der Waals surface area contributed by atoms with Crippen LogP contribution in [0.4, 0.5) is 0 Å². The van der Waals surface area contributed by atoms with Gasteiger partial charge < -0.3 is 15.7 Å². The summed E-state index contributed by atoms with van der Waals surface area (Å²) < 4.78 is 0. The first-order chi connectivity index (χ1) is 9.37. The van der Waals surface area contributed by atoms with Gasteiger partial charge >= 0.3 is 0 Å². The summed E-state index contributed by atoms with van der Waals surface area (Å²) in [6.45, 7) is 11.2. The number of rotatable bonds is 2. The van der Waals surface area contributed by atoms with E-state index in [1.165, 1.54) is 18.2 Å². The average molecular weight is 292 g/mol. The highest BCUT2D eigenvalue weighted by Crippen LogP contribution is 2.17. The summed E-state index contributed by atoms with van der Waals surface area (Å²) in [7, 11) is 0. The summed E-state index contributed by atoms with van der Waals surface area (Å²) in [5.74, 6) is -0.776. The Hall–Kier alpha value is -2.04. The molecule has 0 bridgehead atoms. The molecule has 0 saturated carbocycles. The zero-order valence-corrected chi connectivity index (χ0v) is 13.5. The Labute approximate surface area is 125 Å². The molecular formula is C16H24N2O3. The second kappa shape index (κ2) is 5.76. The van der Waals surface area contributed by atoms with Crippen LogP contribution in [-0.4, -0.2) is 28.0 Å². The van der Waals surface area contributed by atoms with E-state index in [9.17, 15) is 14.7 Å². The van der Waals surface area contributed by atoms with Crippen LogP contribution in [-0.2, 0) is 0 Å². The minimum atomic E-state index is -0.392. The first-order valence-corrected chi connectivity index (χ1v) is 6.86. The third kappa shape index (κ3) is 5.85. The van der Waals surface area contributed by atoms with Crippen molar-refractivity contribution >= 4 is 11.8 Å². The van der Waals surface area contributed by atoms with Gasteiger partial charge in [-0.2, -0.15) is 0 Å². The van der Waals surface area contributed by atoms with E-state index < -0.39 is 11.1 Å². The van der Waals surface area contributed by atoms with Gasteiger partial charge in [-0.3, -0.25) is 9.59 Å². The third-order valence-electron chi connectivity index (χ3n) is 2.42. The molecule has 0 atom stereocenters. The van der Waals surface area contributed by atoms with Gasteiger partial charge in [0.25, 0.3) is 11.8 Å². The summed E-state index contributed by atoms with van der Waals surface area (Å²) in [5, 5.41) is 15.3. The molecule has 0 saturated heterocycles. The number of hydrogen-bond donors (Lipinski definition) is 3. The summed E-state index contributed by atoms with van der Waals surface area (Å²) in [6.07, 6.45) is 0. The van der Waals surface area contributed by atoms with Crippen molar-refractivity contribution in [1.82, 2.24) is 10.6 Å². The molecule has 1 rings (SSSR count). The molecule has 0 heterocycles. The van der Waals surface area contributed by atoms with Crippen molar-refractivity contribution in [3.8, 4) is 5.75 Å². The maximum atomic E-state index is 12.1. The molecule has 5 nitrogen and oxygen atoms in total. The van der Waals surface area contributed by atoms with Crippen LogP contribution in [0.5, 0.6) is 5.75 Å². The zero-order valence-electron chi connectivity index (χ0n) is 13.5. The Balaban J connectivity index is 3.05. The minimum absolute atomic E-state index is 0.115. The summed E-state index contributed by atoms with van der Waals surface area (Å²) in [5.41, 5.74) is -0.278. The minimum Gasteiger partial charge on any atom is -0.508 e. The number of amides is 2. The van der Waals surface area contributed by atoms with Crippen molar-refractivity contribution < 1.29 is 14.7 Å². The molecule has 3 N–H and O–H groups in total. The fraction of sp³-hybridized carbons (Fsp3) is 0.500. The van der Waals surface area contributed by atoms with Crippen molar-refractivity contribution in [3.63, 3.8) is 0 Å². The molecule has 0 aromatic heterocycles. The lowest BCUT2D eigenvalue weighted by molar-refractivity contribution is 0.0918. The Morgan fingerprint density at radius 1 is 0.810 bits per heavy atom. The van der Waals surface area contributed by atoms with Crippen LogP contribution >= 0.6 is 0 Å². The Morgan fingerprint density at radius 3 is 1.43 bits per heavy atom. The molecule has 0 unspecified atom stereocenters. The number of carbonyl (C=O) groups is 2. The molecule has 1 aromatic rings. The van der Waals surface area contributed by atoms with Crippen LogP contribution in [0.25, 0.3) is 0 Å². The summed E-state index contributed by atoms with van der Waals surface area (Å²) in [4.78, 5) is 24.2. The molecule has 2 amide bonds. The van der Waals surface area contributed by atoms with Gasteiger partial charge in [-0.05, 0) is 59.7 Å². The lowest BCUT2D eigenvalue weighted by atomic mass is 10.0. The van der Waals surface area contributed by atoms with Crippen molar-refractivity contribution in [2.75, 3.05) is 0 Å². The Bertz CT molecular complexity index is 505. The van der Waals surface area contributed by atoms with Crippen molar-refractivity contribution in [1.29, 1.82) is 0 Å². The van der Waals surface area contributed by atoms with Gasteiger partial charge in [-0.25, -0.2) is 0 Å². The molecule has 0 fully saturated rings. The fourth-order valence-corrected chi connectivity index (χ4v) is 1.70. The monoisotopic (exact) mass is 292 g/mol. The van der Waals surface area contributed by atoms with E-state index >= 15 is 0 Å². The lowest BCUT2D eigenvalue weighted by Gasteiger charge is -2.22. The molecule has 5 heteroatoms. The van der Waals surface area contributed by atoms with Gasteiger partial charge in [0.2, 0.25) is 0 Å². The second-order valence-corrected chi connectivity index (χ2v) is 7.18. The highest BCUT2D eigenvalue weighted by molar-refractivity contribution is 6.00. The van der Waals surface area contributed by atoms with Crippen LogP contribution < -0.4 is 10.6 Å². The normalized spacial score (nSPS) is 11.9. The Morgan fingerprint density at radius 2 is 1.14 bits per heavy atom. The first kappa shape index (κ1) is 17.0. The van der Waals surface area contributed by atoms with E-state index in [0.29, 0.717) is 0 Å². The standard InChI is InChI=1S/C16H24N2O3/c1-15(2,3)17-13(20)10-7-11(9-12(19)8-10)14(21)18-16(4,5)6/h7-9,19H,1-6H3,(H,17,20)(H,18,21). The van der Waals surface area contributed by atoms with Crippen LogP contribution in [0.2, 0.25) is 0 Å². The van der Waals surface area contributed by atoms with E-state index in [1.807, 2.05) is 41.5 Å². The molecule has 0 radical (unpaired) electrons. The molecule has 0 aliphatic heterocycles. The predicted molar refractivity (Wildman–Crippen MR) is 82.5 cm³/mol. The highest BCUT2D eigenvalue weighted by atomic mass is 16.3. The van der Waals surface area contributed by atoms with Crippen molar-refractivity contribution in [3.05, 3.63) is 29.3 Å². The number of nitrogens with one attached hydrogen (secondary N) is 2. The number of phenols is 1. The quantitative estimate of drug-likeness (QED) is 0.783. The number of phenolic OH excluding ortho intramolecular Hbond substituents is 1. The van der Waals surface area contributed by atoms with E-state index in [1.54, 1.807) is 0 Å². The number of carbonyl (C=O) groups excluding carboxylic acids is 2.